The van der Waals surface area contributed by atoms with E-state index in [9.17, 15) is 0 Å². The van der Waals surface area contributed by atoms with Crippen LogP contribution in [0.25, 0.3) is 11.0 Å². The molecule has 2 aromatic heterocycles. The molecule has 0 radical (unpaired) electrons. The molecule has 0 fully saturated rings. The smallest absolute Gasteiger partial charge is 0.222 e. The third-order valence-corrected chi connectivity index (χ3v) is 1.37. The van der Waals surface area contributed by atoms with E-state index >= 15 is 0 Å². The summed E-state index contributed by atoms with van der Waals surface area (Å²) in [5.74, 6) is 0.260. The van der Waals surface area contributed by atoms with Gasteiger partial charge in [0.05, 0.1) is 0 Å². The first-order valence-corrected chi connectivity index (χ1v) is 3.19. The molecule has 0 atom stereocenters. The van der Waals surface area contributed by atoms with Crippen LogP contribution < -0.4 is 5.73 Å². The minimum absolute atomic E-state index is 0.260. The fraction of sp³-hybridized carbons (Fsp3) is 0. The lowest BCUT2D eigenvalue weighted by Gasteiger charge is -1.93. The van der Waals surface area contributed by atoms with Crippen molar-refractivity contribution in [3.8, 4) is 0 Å². The maximum atomic E-state index is 5.36. The van der Waals surface area contributed by atoms with Gasteiger partial charge in [0.1, 0.15) is 0 Å². The molecule has 0 aliphatic rings. The summed E-state index contributed by atoms with van der Waals surface area (Å²) in [6, 6.07) is 3.73. The normalized spacial score (nSPS) is 10.2. The van der Waals surface area contributed by atoms with E-state index in [1.165, 1.54) is 0 Å². The molecule has 4 nitrogen and oxygen atoms in total. The number of hydrogen-bond acceptors (Lipinski definition) is 4. The number of aromatic nitrogens is 3. The average Bonchev–Trinajstić information content (AvgIpc) is 2.04. The summed E-state index contributed by atoms with van der Waals surface area (Å²) in [5.41, 5.74) is 6.00. The Balaban J connectivity index is 2.83. The fourth-order valence-corrected chi connectivity index (χ4v) is 0.877. The molecule has 0 spiro atoms. The number of rotatable bonds is 0. The highest BCUT2D eigenvalue weighted by Crippen LogP contribution is 2.06. The number of nitrogens with zero attached hydrogens (tertiary/aromatic N) is 3. The van der Waals surface area contributed by atoms with Crippen LogP contribution in [0.15, 0.2) is 24.5 Å². The van der Waals surface area contributed by atoms with Crippen LogP contribution in [0.4, 0.5) is 5.95 Å². The average molecular weight is 146 g/mol. The van der Waals surface area contributed by atoms with Crippen LogP contribution in [0.3, 0.4) is 0 Å². The van der Waals surface area contributed by atoms with Gasteiger partial charge in [-0.25, -0.2) is 9.97 Å². The van der Waals surface area contributed by atoms with Crippen LogP contribution >= 0.6 is 0 Å². The van der Waals surface area contributed by atoms with E-state index in [0.29, 0.717) is 5.65 Å². The third kappa shape index (κ3) is 0.980. The van der Waals surface area contributed by atoms with Gasteiger partial charge in [-0.15, -0.1) is 0 Å². The second kappa shape index (κ2) is 2.16. The van der Waals surface area contributed by atoms with Gasteiger partial charge in [0.15, 0.2) is 5.65 Å². The number of hydrogen-bond donors (Lipinski definition) is 1. The number of fused-ring (bicyclic) bond motifs is 1. The van der Waals surface area contributed by atoms with Crippen molar-refractivity contribution in [2.75, 3.05) is 5.73 Å². The first kappa shape index (κ1) is 6.03. The Morgan fingerprint density at radius 3 is 3.09 bits per heavy atom. The quantitative estimate of drug-likeness (QED) is 0.591. The molecule has 54 valence electrons. The summed E-state index contributed by atoms with van der Waals surface area (Å²) in [4.78, 5) is 11.8. The molecule has 0 aliphatic carbocycles. The standard InChI is InChI=1S/C7H6N4/c8-7-10-4-5-2-1-3-9-6(5)11-7/h1-4H,(H2,8,9,10,11). The topological polar surface area (TPSA) is 64.7 Å². The molecule has 0 bridgehead atoms. The molecule has 11 heavy (non-hydrogen) atoms. The molecule has 0 unspecified atom stereocenters. The van der Waals surface area contributed by atoms with Crippen LogP contribution in [-0.2, 0) is 0 Å². The highest BCUT2D eigenvalue weighted by Gasteiger charge is 1.94. The van der Waals surface area contributed by atoms with Gasteiger partial charge in [-0.2, -0.15) is 4.98 Å². The fourth-order valence-electron chi connectivity index (χ4n) is 0.877. The maximum absolute atomic E-state index is 5.36. The Morgan fingerprint density at radius 1 is 1.27 bits per heavy atom. The van der Waals surface area contributed by atoms with Crippen LogP contribution in [0, 0.1) is 0 Å². The van der Waals surface area contributed by atoms with Gasteiger partial charge >= 0.3 is 0 Å². The van der Waals surface area contributed by atoms with E-state index in [1.54, 1.807) is 12.4 Å². The van der Waals surface area contributed by atoms with Gasteiger partial charge in [-0.05, 0) is 12.1 Å². The zero-order valence-corrected chi connectivity index (χ0v) is 5.73. The molecule has 4 heteroatoms. The van der Waals surface area contributed by atoms with Crippen molar-refractivity contribution in [3.63, 3.8) is 0 Å². The van der Waals surface area contributed by atoms with Crippen molar-refractivity contribution in [3.05, 3.63) is 24.5 Å². The van der Waals surface area contributed by atoms with Crippen LogP contribution in [-0.4, -0.2) is 15.0 Å². The summed E-state index contributed by atoms with van der Waals surface area (Å²) in [6.07, 6.45) is 3.33. The predicted octanol–water partition coefficient (Wildman–Crippen LogP) is 0.607. The molecule has 0 aromatic carbocycles. The van der Waals surface area contributed by atoms with E-state index in [0.717, 1.165) is 5.39 Å². The minimum atomic E-state index is 0.260. The molecule has 2 N–H and O–H groups in total. The molecule has 2 rings (SSSR count). The van der Waals surface area contributed by atoms with E-state index in [-0.39, 0.29) is 5.95 Å². The second-order valence-corrected chi connectivity index (χ2v) is 2.14. The van der Waals surface area contributed by atoms with E-state index in [1.807, 2.05) is 12.1 Å². The lowest BCUT2D eigenvalue weighted by Crippen LogP contribution is -1.94. The zero-order chi connectivity index (χ0) is 7.68. The minimum Gasteiger partial charge on any atom is -0.368 e. The lowest BCUT2D eigenvalue weighted by molar-refractivity contribution is 1.20. The van der Waals surface area contributed by atoms with Crippen molar-refractivity contribution in [1.82, 2.24) is 15.0 Å². The first-order valence-electron chi connectivity index (χ1n) is 3.19. The third-order valence-electron chi connectivity index (χ3n) is 1.37. The molecular weight excluding hydrogens is 140 g/mol. The van der Waals surface area contributed by atoms with Crippen LogP contribution in [0.1, 0.15) is 0 Å². The van der Waals surface area contributed by atoms with Crippen LogP contribution in [0.2, 0.25) is 0 Å². The molecule has 2 aromatic rings. The second-order valence-electron chi connectivity index (χ2n) is 2.14. The molecular formula is C7H6N4. The molecule has 0 amide bonds. The molecule has 0 saturated carbocycles. The predicted molar refractivity (Wildman–Crippen MR) is 41.7 cm³/mol. The molecule has 0 saturated heterocycles. The van der Waals surface area contributed by atoms with Crippen molar-refractivity contribution in [1.29, 1.82) is 0 Å². The molecule has 0 aliphatic heterocycles. The SMILES string of the molecule is Nc1ncc2cccnc2n1. The van der Waals surface area contributed by atoms with Gasteiger partial charge in [0, 0.05) is 17.8 Å². The van der Waals surface area contributed by atoms with Gasteiger partial charge in [-0.3, -0.25) is 0 Å². The van der Waals surface area contributed by atoms with Crippen molar-refractivity contribution in [2.45, 2.75) is 0 Å². The zero-order valence-electron chi connectivity index (χ0n) is 5.73. The summed E-state index contributed by atoms with van der Waals surface area (Å²) < 4.78 is 0. The Labute approximate surface area is 63.1 Å². The lowest BCUT2D eigenvalue weighted by atomic mass is 10.3. The largest absolute Gasteiger partial charge is 0.368 e. The van der Waals surface area contributed by atoms with E-state index in [4.69, 9.17) is 5.73 Å². The molecule has 2 heterocycles. The number of nitrogen functional groups attached to an aromatic ring is 1. The summed E-state index contributed by atoms with van der Waals surface area (Å²) >= 11 is 0. The number of anilines is 1. The summed E-state index contributed by atoms with van der Waals surface area (Å²) in [7, 11) is 0. The van der Waals surface area contributed by atoms with Gasteiger partial charge < -0.3 is 5.73 Å². The van der Waals surface area contributed by atoms with Gasteiger partial charge in [0.2, 0.25) is 5.95 Å². The Hall–Kier alpha value is -1.71. The monoisotopic (exact) mass is 146 g/mol. The number of nitrogens with two attached hydrogens (primary N) is 1. The first-order chi connectivity index (χ1) is 5.36. The summed E-state index contributed by atoms with van der Waals surface area (Å²) in [6.45, 7) is 0. The van der Waals surface area contributed by atoms with E-state index < -0.39 is 0 Å². The highest BCUT2D eigenvalue weighted by atomic mass is 15.0. The van der Waals surface area contributed by atoms with Crippen molar-refractivity contribution in [2.24, 2.45) is 0 Å². The Bertz CT molecular complexity index is 385. The van der Waals surface area contributed by atoms with Gasteiger partial charge in [0.25, 0.3) is 0 Å². The van der Waals surface area contributed by atoms with Crippen LogP contribution in [0.5, 0.6) is 0 Å². The van der Waals surface area contributed by atoms with E-state index in [2.05, 4.69) is 15.0 Å². The van der Waals surface area contributed by atoms with Crippen molar-refractivity contribution >= 4 is 17.0 Å². The van der Waals surface area contributed by atoms with Gasteiger partial charge in [-0.1, -0.05) is 0 Å². The maximum Gasteiger partial charge on any atom is 0.222 e. The number of pyridine rings is 1. The Kier molecular flexibility index (Phi) is 1.18. The Morgan fingerprint density at radius 2 is 2.18 bits per heavy atom. The van der Waals surface area contributed by atoms with Crippen molar-refractivity contribution < 1.29 is 0 Å². The summed E-state index contributed by atoms with van der Waals surface area (Å²) in [5, 5.41) is 0.904. The highest BCUT2D eigenvalue weighted by molar-refractivity contribution is 5.73.